The molecule has 2 amide bonds. The largest absolute Gasteiger partial charge is 0.477 e. The fraction of sp³-hybridized carbons (Fsp3) is 0.400. The molecule has 3 rings (SSSR count). The Kier molecular flexibility index (Phi) is 6.43. The van der Waals surface area contributed by atoms with Crippen molar-refractivity contribution < 1.29 is 37.9 Å². The number of nitrogens with one attached hydrogen (secondary N) is 1. The van der Waals surface area contributed by atoms with Crippen molar-refractivity contribution in [3.8, 4) is 0 Å². The van der Waals surface area contributed by atoms with Gasteiger partial charge in [0.25, 0.3) is 11.8 Å². The van der Waals surface area contributed by atoms with Gasteiger partial charge in [-0.1, -0.05) is 5.16 Å². The highest BCUT2D eigenvalue weighted by molar-refractivity contribution is 7.58. The first kappa shape index (κ1) is 22.8. The Morgan fingerprint density at radius 2 is 2.06 bits per heavy atom. The van der Waals surface area contributed by atoms with E-state index < -0.39 is 37.1 Å². The topological polar surface area (TPSA) is 186 Å². The predicted molar refractivity (Wildman–Crippen MR) is 107 cm³/mol. The summed E-state index contributed by atoms with van der Waals surface area (Å²) in [4.78, 5) is 46.1. The van der Waals surface area contributed by atoms with E-state index in [2.05, 4.69) is 20.3 Å². The third-order valence-electron chi connectivity index (χ3n) is 4.48. The van der Waals surface area contributed by atoms with E-state index in [-0.39, 0.29) is 34.9 Å². The first-order valence-corrected chi connectivity index (χ1v) is 11.0. The van der Waals surface area contributed by atoms with Crippen LogP contribution < -0.4 is 11.1 Å². The Hall–Kier alpha value is -2.84. The van der Waals surface area contributed by atoms with Crippen LogP contribution in [0.4, 0.5) is 5.13 Å². The van der Waals surface area contributed by atoms with Crippen molar-refractivity contribution in [3.63, 3.8) is 0 Å². The highest BCUT2D eigenvalue weighted by Crippen LogP contribution is 2.58. The van der Waals surface area contributed by atoms with E-state index in [1.54, 1.807) is 0 Å². The Morgan fingerprint density at radius 3 is 2.58 bits per heavy atom. The molecule has 31 heavy (non-hydrogen) atoms. The Balaban J connectivity index is 1.85. The van der Waals surface area contributed by atoms with Crippen LogP contribution in [-0.4, -0.2) is 84.1 Å². The lowest BCUT2D eigenvalue weighted by molar-refractivity contribution is -0.143. The smallest absolute Gasteiger partial charge is 0.360 e. The molecule has 1 atom stereocenters. The van der Waals surface area contributed by atoms with Gasteiger partial charge in [0.1, 0.15) is 18.8 Å². The SMILES string of the molecule is CO/N=C(/C(=O)N[C@H]1CN2CC(P(=O)(OC)OC)=C(C(=O)O)N2C1=O)c1csc(N)n1. The van der Waals surface area contributed by atoms with Gasteiger partial charge in [-0.15, -0.1) is 11.3 Å². The van der Waals surface area contributed by atoms with Crippen LogP contribution in [0.1, 0.15) is 5.69 Å². The van der Waals surface area contributed by atoms with Crippen LogP contribution >= 0.6 is 18.9 Å². The molecule has 2 aliphatic rings. The number of rotatable bonds is 8. The Morgan fingerprint density at radius 1 is 1.39 bits per heavy atom. The molecule has 0 unspecified atom stereocenters. The number of hydrazine groups is 1. The van der Waals surface area contributed by atoms with Gasteiger partial charge >= 0.3 is 13.6 Å². The number of thiazole rings is 1. The molecule has 1 aromatic heterocycles. The monoisotopic (exact) mass is 474 g/mol. The Labute approximate surface area is 179 Å². The number of carbonyl (C=O) groups excluding carboxylic acids is 2. The van der Waals surface area contributed by atoms with E-state index in [4.69, 9.17) is 14.8 Å². The Bertz CT molecular complexity index is 1030. The molecule has 0 bridgehead atoms. The van der Waals surface area contributed by atoms with Crippen LogP contribution in [0.15, 0.2) is 21.5 Å². The van der Waals surface area contributed by atoms with Crippen molar-refractivity contribution in [3.05, 3.63) is 22.1 Å². The van der Waals surface area contributed by atoms with E-state index in [1.807, 2.05) is 0 Å². The van der Waals surface area contributed by atoms with Crippen molar-refractivity contribution in [2.45, 2.75) is 6.04 Å². The van der Waals surface area contributed by atoms with Crippen LogP contribution in [0.5, 0.6) is 0 Å². The summed E-state index contributed by atoms with van der Waals surface area (Å²) in [6.45, 7) is -0.280. The lowest BCUT2D eigenvalue weighted by Gasteiger charge is -2.18. The summed E-state index contributed by atoms with van der Waals surface area (Å²) in [5.41, 5.74) is 5.00. The number of nitrogen functional groups attached to an aromatic ring is 1. The summed E-state index contributed by atoms with van der Waals surface area (Å²) in [7, 11) is -0.444. The van der Waals surface area contributed by atoms with Crippen molar-refractivity contribution >= 4 is 47.6 Å². The summed E-state index contributed by atoms with van der Waals surface area (Å²) in [5.74, 6) is -3.01. The molecule has 3 heterocycles. The number of aliphatic carboxylic acids is 1. The lowest BCUT2D eigenvalue weighted by Crippen LogP contribution is -2.46. The molecular formula is C15H19N6O8PS. The van der Waals surface area contributed by atoms with Crippen LogP contribution in [0.3, 0.4) is 0 Å². The molecule has 0 aliphatic carbocycles. The number of amides is 2. The molecule has 168 valence electrons. The minimum Gasteiger partial charge on any atom is -0.477 e. The minimum atomic E-state index is -3.91. The van der Waals surface area contributed by atoms with Crippen LogP contribution in [-0.2, 0) is 32.8 Å². The second-order valence-electron chi connectivity index (χ2n) is 6.18. The van der Waals surface area contributed by atoms with Crippen LogP contribution in [0.25, 0.3) is 0 Å². The number of hydrogen-bond acceptors (Lipinski definition) is 12. The summed E-state index contributed by atoms with van der Waals surface area (Å²) in [6.07, 6.45) is 0. The zero-order chi connectivity index (χ0) is 22.9. The van der Waals surface area contributed by atoms with Gasteiger partial charge < -0.3 is 30.0 Å². The average molecular weight is 474 g/mol. The number of carboxylic acid groups (broad SMARTS) is 1. The normalized spacial score (nSPS) is 19.7. The van der Waals surface area contributed by atoms with Gasteiger partial charge in [-0.2, -0.15) is 0 Å². The predicted octanol–water partition coefficient (Wildman–Crippen LogP) is -0.584. The number of carboxylic acids is 1. The molecule has 0 spiro atoms. The first-order chi connectivity index (χ1) is 14.7. The molecule has 1 aromatic rings. The number of nitrogens with two attached hydrogens (primary N) is 1. The summed E-state index contributed by atoms with van der Waals surface area (Å²) < 4.78 is 22.5. The van der Waals surface area contributed by atoms with Gasteiger partial charge in [0.15, 0.2) is 16.5 Å². The maximum Gasteiger partial charge on any atom is 0.360 e. The summed E-state index contributed by atoms with van der Waals surface area (Å²) in [5, 5.41) is 19.5. The van der Waals surface area contributed by atoms with E-state index in [1.165, 1.54) is 17.5 Å². The molecule has 4 N–H and O–H groups in total. The fourth-order valence-corrected chi connectivity index (χ4v) is 5.09. The number of carbonyl (C=O) groups is 3. The molecule has 0 aromatic carbocycles. The summed E-state index contributed by atoms with van der Waals surface area (Å²) >= 11 is 1.09. The van der Waals surface area contributed by atoms with E-state index in [9.17, 15) is 24.1 Å². The van der Waals surface area contributed by atoms with Gasteiger partial charge in [0.2, 0.25) is 0 Å². The van der Waals surface area contributed by atoms with Gasteiger partial charge in [-0.05, 0) is 0 Å². The second-order valence-corrected chi connectivity index (χ2v) is 9.33. The standard InChI is InChI=1S/C15H19N6O8PS/c1-27-19-10(8-6-31-15(16)18-8)12(22)17-7-4-20-5-9(30(26,28-2)29-3)11(14(24)25)21(20)13(7)23/h6-7H,4-5H2,1-3H3,(H2,16,18)(H,17,22)(H,24,25)/b19-10+/t7-/m0/s1. The maximum atomic E-state index is 12.9. The third kappa shape index (κ3) is 4.05. The quantitative estimate of drug-likeness (QED) is 0.248. The lowest BCUT2D eigenvalue weighted by atomic mass is 10.2. The van der Waals surface area contributed by atoms with Gasteiger partial charge in [-0.25, -0.2) is 19.8 Å². The number of fused-ring (bicyclic) bond motifs is 1. The van der Waals surface area contributed by atoms with Crippen molar-refractivity contribution in [1.29, 1.82) is 0 Å². The van der Waals surface area contributed by atoms with E-state index in [0.717, 1.165) is 30.6 Å². The molecule has 1 fully saturated rings. The van der Waals surface area contributed by atoms with Crippen LogP contribution in [0.2, 0.25) is 0 Å². The van der Waals surface area contributed by atoms with Crippen molar-refractivity contribution in [2.24, 2.45) is 5.16 Å². The minimum absolute atomic E-state index is 0.0856. The molecule has 14 nitrogen and oxygen atoms in total. The number of hydrogen-bond donors (Lipinski definition) is 3. The summed E-state index contributed by atoms with van der Waals surface area (Å²) in [6, 6.07) is -1.11. The molecule has 0 radical (unpaired) electrons. The number of oxime groups is 1. The maximum absolute atomic E-state index is 12.9. The molecule has 2 aliphatic heterocycles. The van der Waals surface area contributed by atoms with Gasteiger partial charge in [0.05, 0.1) is 11.9 Å². The van der Waals surface area contributed by atoms with Gasteiger partial charge in [-0.3, -0.25) is 14.2 Å². The molecule has 16 heteroatoms. The molecule has 0 saturated carbocycles. The van der Waals surface area contributed by atoms with E-state index in [0.29, 0.717) is 0 Å². The average Bonchev–Trinajstić information content (AvgIpc) is 3.41. The second kappa shape index (κ2) is 8.72. The fourth-order valence-electron chi connectivity index (χ4n) is 3.17. The zero-order valence-electron chi connectivity index (χ0n) is 16.6. The van der Waals surface area contributed by atoms with Gasteiger partial charge in [0, 0.05) is 26.1 Å². The highest BCUT2D eigenvalue weighted by atomic mass is 32.1. The number of anilines is 1. The number of nitrogens with zero attached hydrogens (tertiary/aromatic N) is 4. The van der Waals surface area contributed by atoms with E-state index >= 15 is 0 Å². The highest BCUT2D eigenvalue weighted by Gasteiger charge is 2.52. The number of aromatic nitrogens is 1. The van der Waals surface area contributed by atoms with Crippen molar-refractivity contribution in [2.75, 3.05) is 40.2 Å². The van der Waals surface area contributed by atoms with Crippen LogP contribution in [0, 0.1) is 0 Å². The first-order valence-electron chi connectivity index (χ1n) is 8.57. The van der Waals surface area contributed by atoms with Crippen molar-refractivity contribution in [1.82, 2.24) is 20.3 Å². The molecule has 1 saturated heterocycles. The third-order valence-corrected chi connectivity index (χ3v) is 7.13. The molecular weight excluding hydrogens is 455 g/mol. The zero-order valence-corrected chi connectivity index (χ0v) is 18.3.